The lowest BCUT2D eigenvalue weighted by Crippen LogP contribution is -2.28. The van der Waals surface area contributed by atoms with E-state index >= 15 is 0 Å². The van der Waals surface area contributed by atoms with Crippen LogP contribution in [-0.4, -0.2) is 40.5 Å². The lowest BCUT2D eigenvalue weighted by Gasteiger charge is -2.20. The fraction of sp³-hybridized carbons (Fsp3) is 0.316. The number of nitrogens with one attached hydrogen (secondary N) is 1. The molecule has 1 fully saturated rings. The van der Waals surface area contributed by atoms with Gasteiger partial charge in [-0.3, -0.25) is 9.30 Å². The monoisotopic (exact) mass is 358 g/mol. The molecule has 3 aromatic rings. The Balaban J connectivity index is 1.79. The first kappa shape index (κ1) is 16.5. The number of benzene rings is 1. The SMILES string of the molecule is Fc1ccc2nc(-c3ccc(Cl)cc3)c(CN3CCCNCC3)n2c1. The van der Waals surface area contributed by atoms with Crippen LogP contribution in [0, 0.1) is 5.82 Å². The Bertz CT molecular complexity index is 867. The quantitative estimate of drug-likeness (QED) is 0.776. The topological polar surface area (TPSA) is 32.6 Å². The number of hydrogen-bond acceptors (Lipinski definition) is 3. The van der Waals surface area contributed by atoms with Gasteiger partial charge in [-0.15, -0.1) is 0 Å². The zero-order valence-corrected chi connectivity index (χ0v) is 14.6. The van der Waals surface area contributed by atoms with E-state index in [4.69, 9.17) is 16.6 Å². The van der Waals surface area contributed by atoms with Gasteiger partial charge in [0.15, 0.2) is 0 Å². The molecule has 0 spiro atoms. The summed E-state index contributed by atoms with van der Waals surface area (Å²) in [7, 11) is 0. The zero-order valence-electron chi connectivity index (χ0n) is 13.9. The molecule has 1 N–H and O–H groups in total. The predicted molar refractivity (Wildman–Crippen MR) is 98.4 cm³/mol. The lowest BCUT2D eigenvalue weighted by atomic mass is 10.1. The van der Waals surface area contributed by atoms with Gasteiger partial charge in [-0.05, 0) is 43.8 Å². The van der Waals surface area contributed by atoms with E-state index in [-0.39, 0.29) is 5.82 Å². The molecular weight excluding hydrogens is 339 g/mol. The summed E-state index contributed by atoms with van der Waals surface area (Å²) < 4.78 is 15.7. The van der Waals surface area contributed by atoms with Gasteiger partial charge in [-0.2, -0.15) is 0 Å². The smallest absolute Gasteiger partial charge is 0.139 e. The van der Waals surface area contributed by atoms with Gasteiger partial charge in [0.2, 0.25) is 0 Å². The van der Waals surface area contributed by atoms with Gasteiger partial charge in [0.25, 0.3) is 0 Å². The van der Waals surface area contributed by atoms with Crippen LogP contribution in [0.2, 0.25) is 5.02 Å². The van der Waals surface area contributed by atoms with Gasteiger partial charge in [0.1, 0.15) is 11.5 Å². The molecule has 0 unspecified atom stereocenters. The summed E-state index contributed by atoms with van der Waals surface area (Å²) in [6.07, 6.45) is 2.63. The second kappa shape index (κ2) is 7.12. The molecular formula is C19H20ClFN4. The maximum absolute atomic E-state index is 13.8. The van der Waals surface area contributed by atoms with E-state index in [1.165, 1.54) is 12.3 Å². The average Bonchev–Trinajstić information content (AvgIpc) is 2.79. The average molecular weight is 359 g/mol. The fourth-order valence-electron chi connectivity index (χ4n) is 3.33. The summed E-state index contributed by atoms with van der Waals surface area (Å²) in [5.41, 5.74) is 3.66. The summed E-state index contributed by atoms with van der Waals surface area (Å²) in [6.45, 7) is 4.76. The maximum atomic E-state index is 13.8. The Morgan fingerprint density at radius 2 is 1.92 bits per heavy atom. The third-order valence-electron chi connectivity index (χ3n) is 4.61. The Labute approximate surface area is 151 Å². The highest BCUT2D eigenvalue weighted by Gasteiger charge is 2.18. The highest BCUT2D eigenvalue weighted by molar-refractivity contribution is 6.30. The number of rotatable bonds is 3. The normalized spacial score (nSPS) is 16.2. The van der Waals surface area contributed by atoms with Gasteiger partial charge < -0.3 is 5.32 Å². The van der Waals surface area contributed by atoms with E-state index in [1.54, 1.807) is 6.07 Å². The lowest BCUT2D eigenvalue weighted by molar-refractivity contribution is 0.280. The number of halogens is 2. The van der Waals surface area contributed by atoms with Crippen molar-refractivity contribution in [3.8, 4) is 11.3 Å². The van der Waals surface area contributed by atoms with Gasteiger partial charge >= 0.3 is 0 Å². The fourth-order valence-corrected chi connectivity index (χ4v) is 3.45. The van der Waals surface area contributed by atoms with Crippen LogP contribution in [0.5, 0.6) is 0 Å². The number of pyridine rings is 1. The van der Waals surface area contributed by atoms with E-state index in [2.05, 4.69) is 10.2 Å². The highest BCUT2D eigenvalue weighted by Crippen LogP contribution is 2.27. The van der Waals surface area contributed by atoms with E-state index in [0.717, 1.165) is 61.7 Å². The number of fused-ring (bicyclic) bond motifs is 1. The summed E-state index contributed by atoms with van der Waals surface area (Å²) in [5.74, 6) is -0.258. The largest absolute Gasteiger partial charge is 0.315 e. The van der Waals surface area contributed by atoms with Crippen LogP contribution in [-0.2, 0) is 6.54 Å². The van der Waals surface area contributed by atoms with Gasteiger partial charge in [0.05, 0.1) is 11.4 Å². The number of aromatic nitrogens is 2. The molecule has 0 saturated carbocycles. The molecule has 0 aliphatic carbocycles. The van der Waals surface area contributed by atoms with E-state index in [1.807, 2.05) is 28.7 Å². The molecule has 1 aliphatic rings. The van der Waals surface area contributed by atoms with Crippen molar-refractivity contribution in [2.45, 2.75) is 13.0 Å². The first-order valence-electron chi connectivity index (χ1n) is 8.56. The first-order valence-corrected chi connectivity index (χ1v) is 8.94. The van der Waals surface area contributed by atoms with Crippen LogP contribution in [0.1, 0.15) is 12.1 Å². The zero-order chi connectivity index (χ0) is 17.2. The van der Waals surface area contributed by atoms with Crippen LogP contribution >= 0.6 is 11.6 Å². The van der Waals surface area contributed by atoms with E-state index in [9.17, 15) is 4.39 Å². The van der Waals surface area contributed by atoms with Crippen LogP contribution in [0.25, 0.3) is 16.9 Å². The van der Waals surface area contributed by atoms with Crippen molar-refractivity contribution in [1.29, 1.82) is 0 Å². The second-order valence-corrected chi connectivity index (χ2v) is 6.81. The maximum Gasteiger partial charge on any atom is 0.139 e. The summed E-state index contributed by atoms with van der Waals surface area (Å²) in [5, 5.41) is 4.11. The predicted octanol–water partition coefficient (Wildman–Crippen LogP) is 3.59. The molecule has 4 rings (SSSR count). The van der Waals surface area contributed by atoms with Gasteiger partial charge in [0, 0.05) is 36.4 Å². The third kappa shape index (κ3) is 3.54. The highest BCUT2D eigenvalue weighted by atomic mass is 35.5. The van der Waals surface area contributed by atoms with Crippen LogP contribution in [0.3, 0.4) is 0 Å². The van der Waals surface area contributed by atoms with Gasteiger partial charge in [-0.1, -0.05) is 23.7 Å². The molecule has 3 heterocycles. The molecule has 25 heavy (non-hydrogen) atoms. The molecule has 0 amide bonds. The molecule has 1 aliphatic heterocycles. The van der Waals surface area contributed by atoms with Crippen molar-refractivity contribution in [3.63, 3.8) is 0 Å². The Morgan fingerprint density at radius 1 is 1.08 bits per heavy atom. The number of hydrogen-bond donors (Lipinski definition) is 1. The molecule has 1 aromatic carbocycles. The Hall–Kier alpha value is -1.95. The van der Waals surface area contributed by atoms with Crippen LogP contribution in [0.15, 0.2) is 42.6 Å². The minimum absolute atomic E-state index is 0.258. The number of nitrogens with zero attached hydrogens (tertiary/aromatic N) is 3. The molecule has 0 radical (unpaired) electrons. The van der Waals surface area contributed by atoms with Crippen molar-refractivity contribution in [2.75, 3.05) is 26.2 Å². The van der Waals surface area contributed by atoms with Crippen LogP contribution < -0.4 is 5.32 Å². The van der Waals surface area contributed by atoms with Crippen molar-refractivity contribution in [2.24, 2.45) is 0 Å². The number of imidazole rings is 1. The summed E-state index contributed by atoms with van der Waals surface area (Å²) in [6, 6.07) is 10.8. The van der Waals surface area contributed by atoms with E-state index in [0.29, 0.717) is 5.02 Å². The summed E-state index contributed by atoms with van der Waals surface area (Å²) >= 11 is 6.02. The summed E-state index contributed by atoms with van der Waals surface area (Å²) in [4.78, 5) is 7.15. The molecule has 0 atom stereocenters. The molecule has 4 nitrogen and oxygen atoms in total. The standard InChI is InChI=1S/C19H20ClFN4/c20-15-4-2-14(3-5-15)19-17(13-24-10-1-8-22-9-11-24)25-12-16(21)6-7-18(25)23-19/h2-7,12,22H,1,8-11,13H2. The molecule has 2 aromatic heterocycles. The third-order valence-corrected chi connectivity index (χ3v) is 4.86. The molecule has 6 heteroatoms. The second-order valence-electron chi connectivity index (χ2n) is 6.37. The van der Waals surface area contributed by atoms with Crippen molar-refractivity contribution in [3.05, 3.63) is 59.1 Å². The molecule has 1 saturated heterocycles. The Kier molecular flexibility index (Phi) is 4.70. The van der Waals surface area contributed by atoms with E-state index < -0.39 is 0 Å². The minimum atomic E-state index is -0.258. The van der Waals surface area contributed by atoms with Crippen molar-refractivity contribution in [1.82, 2.24) is 19.6 Å². The molecule has 0 bridgehead atoms. The van der Waals surface area contributed by atoms with Crippen molar-refractivity contribution >= 4 is 17.2 Å². The van der Waals surface area contributed by atoms with Crippen LogP contribution in [0.4, 0.5) is 4.39 Å². The Morgan fingerprint density at radius 3 is 2.76 bits per heavy atom. The minimum Gasteiger partial charge on any atom is -0.315 e. The first-order chi connectivity index (χ1) is 12.2. The van der Waals surface area contributed by atoms with Gasteiger partial charge in [-0.25, -0.2) is 9.37 Å². The molecule has 130 valence electrons. The van der Waals surface area contributed by atoms with Crippen molar-refractivity contribution < 1.29 is 4.39 Å².